The first kappa shape index (κ1) is 19.2. The van der Waals surface area contributed by atoms with Gasteiger partial charge in [0.15, 0.2) is 5.58 Å². The second-order valence-electron chi connectivity index (χ2n) is 6.82. The van der Waals surface area contributed by atoms with Crippen LogP contribution in [0, 0.1) is 11.3 Å². The zero-order valence-electron chi connectivity index (χ0n) is 16.2. The van der Waals surface area contributed by atoms with Crippen LogP contribution in [0.3, 0.4) is 0 Å². The van der Waals surface area contributed by atoms with E-state index >= 15 is 0 Å². The smallest absolute Gasteiger partial charge is 0.230 e. The molecule has 6 heteroatoms. The molecule has 0 spiro atoms. The van der Waals surface area contributed by atoms with Crippen molar-refractivity contribution in [2.45, 2.75) is 19.4 Å². The quantitative estimate of drug-likeness (QED) is 0.490. The van der Waals surface area contributed by atoms with Gasteiger partial charge in [0.05, 0.1) is 18.9 Å². The van der Waals surface area contributed by atoms with Crippen LogP contribution in [0.15, 0.2) is 77.3 Å². The van der Waals surface area contributed by atoms with Crippen molar-refractivity contribution >= 4 is 22.6 Å². The van der Waals surface area contributed by atoms with E-state index in [1.54, 1.807) is 0 Å². The maximum absolute atomic E-state index is 12.5. The molecule has 1 N–H and O–H groups in total. The number of anilines is 1. The molecule has 0 saturated carbocycles. The summed E-state index contributed by atoms with van der Waals surface area (Å²) in [6.07, 6.45) is 0.513. The standard InChI is InChI=1S/C24H19N3O3/c25-13-12-17-8-10-20(11-9-17)29-16-18-4-3-5-19(14-18)26-24(28)15-22-21-6-1-2-7-23(21)30-27-22/h1-11,14H,12,15-16H2,(H,26,28). The summed E-state index contributed by atoms with van der Waals surface area (Å²) in [4.78, 5) is 12.5. The Morgan fingerprint density at radius 3 is 2.70 bits per heavy atom. The maximum Gasteiger partial charge on any atom is 0.230 e. The largest absolute Gasteiger partial charge is 0.489 e. The number of fused-ring (bicyclic) bond motifs is 1. The van der Waals surface area contributed by atoms with Gasteiger partial charge in [0.1, 0.15) is 18.1 Å². The minimum Gasteiger partial charge on any atom is -0.489 e. The van der Waals surface area contributed by atoms with E-state index in [2.05, 4.69) is 16.5 Å². The number of rotatable bonds is 7. The Kier molecular flexibility index (Phi) is 5.72. The molecule has 0 aliphatic heterocycles. The highest BCUT2D eigenvalue weighted by molar-refractivity contribution is 5.94. The van der Waals surface area contributed by atoms with Gasteiger partial charge in [-0.15, -0.1) is 0 Å². The summed E-state index contributed by atoms with van der Waals surface area (Å²) < 4.78 is 11.1. The van der Waals surface area contributed by atoms with E-state index in [1.165, 1.54) is 0 Å². The number of hydrogen-bond acceptors (Lipinski definition) is 5. The summed E-state index contributed by atoms with van der Waals surface area (Å²) in [7, 11) is 0. The zero-order chi connectivity index (χ0) is 20.8. The molecule has 0 aliphatic rings. The number of amides is 1. The normalized spacial score (nSPS) is 10.5. The van der Waals surface area contributed by atoms with Crippen LogP contribution < -0.4 is 10.1 Å². The van der Waals surface area contributed by atoms with Gasteiger partial charge in [-0.05, 0) is 47.5 Å². The minimum absolute atomic E-state index is 0.132. The Morgan fingerprint density at radius 2 is 1.87 bits per heavy atom. The van der Waals surface area contributed by atoms with Gasteiger partial charge in [-0.1, -0.05) is 41.6 Å². The van der Waals surface area contributed by atoms with Gasteiger partial charge in [-0.3, -0.25) is 4.79 Å². The molecule has 0 unspecified atom stereocenters. The Balaban J connectivity index is 1.36. The molecule has 0 fully saturated rings. The number of nitrogens with zero attached hydrogens (tertiary/aromatic N) is 2. The van der Waals surface area contributed by atoms with Crippen molar-refractivity contribution < 1.29 is 14.1 Å². The molecule has 6 nitrogen and oxygen atoms in total. The predicted molar refractivity (Wildman–Crippen MR) is 113 cm³/mol. The number of carbonyl (C=O) groups is 1. The molecule has 0 bridgehead atoms. The number of carbonyl (C=O) groups excluding carboxylic acids is 1. The third kappa shape index (κ3) is 4.65. The van der Waals surface area contributed by atoms with E-state index in [0.29, 0.717) is 30.0 Å². The first-order valence-corrected chi connectivity index (χ1v) is 9.52. The van der Waals surface area contributed by atoms with Crippen LogP contribution in [-0.4, -0.2) is 11.1 Å². The molecule has 1 amide bonds. The Bertz CT molecular complexity index is 1210. The topological polar surface area (TPSA) is 88.1 Å². The molecule has 4 aromatic rings. The molecule has 30 heavy (non-hydrogen) atoms. The molecule has 148 valence electrons. The number of hydrogen-bond donors (Lipinski definition) is 1. The van der Waals surface area contributed by atoms with Crippen molar-refractivity contribution in [3.8, 4) is 11.8 Å². The second-order valence-corrected chi connectivity index (χ2v) is 6.82. The van der Waals surface area contributed by atoms with E-state index in [9.17, 15) is 4.79 Å². The van der Waals surface area contributed by atoms with Gasteiger partial charge in [-0.2, -0.15) is 5.26 Å². The summed E-state index contributed by atoms with van der Waals surface area (Å²) in [5.74, 6) is 0.559. The molecular formula is C24H19N3O3. The summed E-state index contributed by atoms with van der Waals surface area (Å²) in [5, 5.41) is 16.5. The average Bonchev–Trinajstić information content (AvgIpc) is 3.16. The van der Waals surface area contributed by atoms with Crippen LogP contribution in [0.5, 0.6) is 5.75 Å². The van der Waals surface area contributed by atoms with Crippen molar-refractivity contribution in [3.63, 3.8) is 0 Å². The first-order chi connectivity index (χ1) is 14.7. The minimum atomic E-state index is -0.166. The van der Waals surface area contributed by atoms with E-state index < -0.39 is 0 Å². The summed E-state index contributed by atoms with van der Waals surface area (Å²) in [5.41, 5.74) is 3.86. The third-order valence-electron chi connectivity index (χ3n) is 4.60. The lowest BCUT2D eigenvalue weighted by Crippen LogP contribution is -2.15. The SMILES string of the molecule is N#CCc1ccc(OCc2cccc(NC(=O)Cc3noc4ccccc34)c2)cc1. The van der Waals surface area contributed by atoms with Crippen LogP contribution in [0.1, 0.15) is 16.8 Å². The summed E-state index contributed by atoms with van der Waals surface area (Å²) >= 11 is 0. The van der Waals surface area contributed by atoms with E-state index in [0.717, 1.165) is 22.3 Å². The number of para-hydroxylation sites is 1. The number of benzene rings is 3. The molecule has 0 saturated heterocycles. The van der Waals surface area contributed by atoms with Crippen molar-refractivity contribution in [1.82, 2.24) is 5.16 Å². The highest BCUT2D eigenvalue weighted by atomic mass is 16.5. The lowest BCUT2D eigenvalue weighted by Gasteiger charge is -2.09. The van der Waals surface area contributed by atoms with E-state index in [4.69, 9.17) is 14.5 Å². The van der Waals surface area contributed by atoms with Crippen LogP contribution in [0.25, 0.3) is 11.0 Å². The fourth-order valence-electron chi connectivity index (χ4n) is 3.12. The Labute approximate surface area is 173 Å². The number of nitrogens with one attached hydrogen (secondary N) is 1. The molecule has 0 radical (unpaired) electrons. The van der Waals surface area contributed by atoms with Gasteiger partial charge in [0.25, 0.3) is 0 Å². The molecule has 1 heterocycles. The number of ether oxygens (including phenoxy) is 1. The first-order valence-electron chi connectivity index (χ1n) is 9.52. The lowest BCUT2D eigenvalue weighted by molar-refractivity contribution is -0.115. The van der Waals surface area contributed by atoms with Crippen LogP contribution in [0.4, 0.5) is 5.69 Å². The zero-order valence-corrected chi connectivity index (χ0v) is 16.2. The van der Waals surface area contributed by atoms with Gasteiger partial charge in [0, 0.05) is 11.1 Å². The Hall–Kier alpha value is -4.11. The third-order valence-corrected chi connectivity index (χ3v) is 4.60. The highest BCUT2D eigenvalue weighted by Gasteiger charge is 2.12. The van der Waals surface area contributed by atoms with Crippen molar-refractivity contribution in [1.29, 1.82) is 5.26 Å². The number of nitriles is 1. The van der Waals surface area contributed by atoms with Gasteiger partial charge in [-0.25, -0.2) is 0 Å². The fraction of sp³-hybridized carbons (Fsp3) is 0.125. The van der Waals surface area contributed by atoms with Gasteiger partial charge in [0.2, 0.25) is 5.91 Å². The predicted octanol–water partition coefficient (Wildman–Crippen LogP) is 4.65. The molecule has 4 rings (SSSR count). The number of aromatic nitrogens is 1. The van der Waals surface area contributed by atoms with E-state index in [-0.39, 0.29) is 12.3 Å². The molecule has 3 aromatic carbocycles. The Morgan fingerprint density at radius 1 is 1.03 bits per heavy atom. The highest BCUT2D eigenvalue weighted by Crippen LogP contribution is 2.20. The monoisotopic (exact) mass is 397 g/mol. The van der Waals surface area contributed by atoms with E-state index in [1.807, 2.05) is 72.8 Å². The second kappa shape index (κ2) is 8.93. The van der Waals surface area contributed by atoms with Crippen molar-refractivity contribution in [2.24, 2.45) is 0 Å². The summed E-state index contributed by atoms with van der Waals surface area (Å²) in [6, 6.07) is 24.6. The lowest BCUT2D eigenvalue weighted by atomic mass is 10.1. The van der Waals surface area contributed by atoms with Gasteiger partial charge >= 0.3 is 0 Å². The van der Waals surface area contributed by atoms with Gasteiger partial charge < -0.3 is 14.6 Å². The van der Waals surface area contributed by atoms with Crippen LogP contribution >= 0.6 is 0 Å². The van der Waals surface area contributed by atoms with Crippen molar-refractivity contribution in [2.75, 3.05) is 5.32 Å². The molecular weight excluding hydrogens is 378 g/mol. The maximum atomic E-state index is 12.5. The van der Waals surface area contributed by atoms with Crippen LogP contribution in [0.2, 0.25) is 0 Å². The molecule has 0 aliphatic carbocycles. The fourth-order valence-corrected chi connectivity index (χ4v) is 3.12. The van der Waals surface area contributed by atoms with Crippen molar-refractivity contribution in [3.05, 3.63) is 89.6 Å². The van der Waals surface area contributed by atoms with Crippen LogP contribution in [-0.2, 0) is 24.2 Å². The molecule has 0 atom stereocenters. The average molecular weight is 397 g/mol. The molecule has 1 aromatic heterocycles. The summed E-state index contributed by atoms with van der Waals surface area (Å²) in [6.45, 7) is 0.370.